The summed E-state index contributed by atoms with van der Waals surface area (Å²) in [5.74, 6) is 0.763. The second-order valence-corrected chi connectivity index (χ2v) is 10.3. The van der Waals surface area contributed by atoms with Crippen LogP contribution < -0.4 is 0 Å². The Hall–Kier alpha value is -0.860. The lowest BCUT2D eigenvalue weighted by molar-refractivity contribution is -0.129. The molecule has 0 radical (unpaired) electrons. The first-order valence-corrected chi connectivity index (χ1v) is 14.5. The maximum absolute atomic E-state index is 12.0. The molecule has 188 valence electrons. The first-order valence-electron chi connectivity index (χ1n) is 14.5. The number of nitrogens with zero attached hydrogens (tertiary/aromatic N) is 1. The predicted molar refractivity (Wildman–Crippen MR) is 138 cm³/mol. The van der Waals surface area contributed by atoms with Crippen molar-refractivity contribution in [2.45, 2.75) is 161 Å². The average molecular weight is 450 g/mol. The highest BCUT2D eigenvalue weighted by Crippen LogP contribution is 2.15. The molecule has 32 heavy (non-hydrogen) atoms. The standard InChI is InChI=1S/C29H55NO2/c1-28(31)30-26-22-18-14-10-6-2-4-8-12-16-20-24-29(32)25-21-17-13-9-5-3-7-11-15-19-23-27-30/h2-27H2,1H3. The summed E-state index contributed by atoms with van der Waals surface area (Å²) in [7, 11) is 0. The molecule has 0 bridgehead atoms. The lowest BCUT2D eigenvalue weighted by Gasteiger charge is -2.21. The molecule has 0 aliphatic carbocycles. The SMILES string of the molecule is CC(=O)N1CCCCCCCCCCCCCC(=O)CCCCCCCCCCCCC1. The summed E-state index contributed by atoms with van der Waals surface area (Å²) >= 11 is 0. The van der Waals surface area contributed by atoms with Crippen molar-refractivity contribution in [3.05, 3.63) is 0 Å². The number of amides is 1. The molecule has 0 N–H and O–H groups in total. The van der Waals surface area contributed by atoms with E-state index in [2.05, 4.69) is 4.90 Å². The van der Waals surface area contributed by atoms with Gasteiger partial charge >= 0.3 is 0 Å². The van der Waals surface area contributed by atoms with Gasteiger partial charge in [-0.15, -0.1) is 0 Å². The van der Waals surface area contributed by atoms with Gasteiger partial charge in [-0.05, 0) is 25.7 Å². The van der Waals surface area contributed by atoms with Gasteiger partial charge in [0.05, 0.1) is 0 Å². The molecule has 1 saturated heterocycles. The second kappa shape index (κ2) is 22.0. The Morgan fingerprint density at radius 3 is 1.00 bits per heavy atom. The van der Waals surface area contributed by atoms with Crippen molar-refractivity contribution in [2.75, 3.05) is 13.1 Å². The maximum Gasteiger partial charge on any atom is 0.219 e. The quantitative estimate of drug-likeness (QED) is 0.370. The summed E-state index contributed by atoms with van der Waals surface area (Å²) < 4.78 is 0. The molecular formula is C29H55NO2. The monoisotopic (exact) mass is 449 g/mol. The van der Waals surface area contributed by atoms with E-state index in [-0.39, 0.29) is 5.91 Å². The zero-order chi connectivity index (χ0) is 23.1. The number of carbonyl (C=O) groups excluding carboxylic acids is 2. The molecule has 0 aromatic carbocycles. The minimum absolute atomic E-state index is 0.258. The van der Waals surface area contributed by atoms with E-state index in [0.717, 1.165) is 51.6 Å². The number of carbonyl (C=O) groups is 2. The second-order valence-electron chi connectivity index (χ2n) is 10.3. The van der Waals surface area contributed by atoms with Gasteiger partial charge < -0.3 is 4.90 Å². The zero-order valence-corrected chi connectivity index (χ0v) is 21.6. The van der Waals surface area contributed by atoms with Crippen LogP contribution in [0.25, 0.3) is 0 Å². The van der Waals surface area contributed by atoms with Gasteiger partial charge in [0.25, 0.3) is 0 Å². The van der Waals surface area contributed by atoms with Crippen LogP contribution in [0, 0.1) is 0 Å². The molecule has 1 rings (SSSR count). The van der Waals surface area contributed by atoms with Crippen molar-refractivity contribution >= 4 is 11.7 Å². The molecule has 3 heteroatoms. The Morgan fingerprint density at radius 2 is 0.719 bits per heavy atom. The largest absolute Gasteiger partial charge is 0.343 e. The van der Waals surface area contributed by atoms with Crippen molar-refractivity contribution in [2.24, 2.45) is 0 Å². The van der Waals surface area contributed by atoms with Crippen LogP contribution in [0.1, 0.15) is 161 Å². The first kappa shape index (κ1) is 29.2. The summed E-state index contributed by atoms with van der Waals surface area (Å²) in [5, 5.41) is 0. The van der Waals surface area contributed by atoms with Gasteiger partial charge in [0.1, 0.15) is 5.78 Å². The van der Waals surface area contributed by atoms with E-state index in [1.54, 1.807) is 6.92 Å². The molecule has 0 saturated carbocycles. The van der Waals surface area contributed by atoms with E-state index in [0.29, 0.717) is 5.78 Å². The van der Waals surface area contributed by atoms with E-state index in [1.165, 1.54) is 116 Å². The number of rotatable bonds is 0. The normalized spacial score (nSPS) is 22.5. The van der Waals surface area contributed by atoms with Gasteiger partial charge in [-0.25, -0.2) is 0 Å². The summed E-state index contributed by atoms with van der Waals surface area (Å²) in [6, 6.07) is 0. The number of hydrogen-bond acceptors (Lipinski definition) is 2. The van der Waals surface area contributed by atoms with E-state index in [1.807, 2.05) is 0 Å². The molecule has 3 nitrogen and oxygen atoms in total. The first-order chi connectivity index (χ1) is 15.7. The molecule has 0 aromatic heterocycles. The van der Waals surface area contributed by atoms with Gasteiger partial charge in [-0.2, -0.15) is 0 Å². The molecule has 1 heterocycles. The summed E-state index contributed by atoms with van der Waals surface area (Å²) in [6.07, 6.45) is 29.9. The van der Waals surface area contributed by atoms with Crippen molar-refractivity contribution in [3.8, 4) is 0 Å². The van der Waals surface area contributed by atoms with Gasteiger partial charge in [0, 0.05) is 32.9 Å². The van der Waals surface area contributed by atoms with Gasteiger partial charge in [-0.3, -0.25) is 9.59 Å². The molecule has 0 atom stereocenters. The highest BCUT2D eigenvalue weighted by molar-refractivity contribution is 5.78. The number of Topliss-reactive ketones (excluding diaryl/α,β-unsaturated/α-hetero) is 1. The zero-order valence-electron chi connectivity index (χ0n) is 21.6. The Morgan fingerprint density at radius 1 is 0.469 bits per heavy atom. The molecule has 1 aliphatic heterocycles. The maximum atomic E-state index is 12.0. The predicted octanol–water partition coefficient (Wildman–Crippen LogP) is 8.78. The summed E-state index contributed by atoms with van der Waals surface area (Å²) in [5.41, 5.74) is 0. The highest BCUT2D eigenvalue weighted by Gasteiger charge is 2.07. The van der Waals surface area contributed by atoms with Crippen LogP contribution in [0.3, 0.4) is 0 Å². The molecule has 1 amide bonds. The fourth-order valence-corrected chi connectivity index (χ4v) is 4.98. The van der Waals surface area contributed by atoms with Crippen LogP contribution in [-0.4, -0.2) is 29.7 Å². The smallest absolute Gasteiger partial charge is 0.219 e. The molecule has 0 spiro atoms. The Kier molecular flexibility index (Phi) is 20.0. The Balaban J connectivity index is 2.22. The van der Waals surface area contributed by atoms with Crippen LogP contribution >= 0.6 is 0 Å². The van der Waals surface area contributed by atoms with E-state index in [4.69, 9.17) is 0 Å². The number of hydrogen-bond donors (Lipinski definition) is 0. The lowest BCUT2D eigenvalue weighted by atomic mass is 10.0. The van der Waals surface area contributed by atoms with Crippen LogP contribution in [0.2, 0.25) is 0 Å². The molecule has 1 aliphatic rings. The Labute approximate surface area is 200 Å². The third-order valence-corrected chi connectivity index (χ3v) is 7.21. The van der Waals surface area contributed by atoms with Crippen molar-refractivity contribution in [1.82, 2.24) is 4.90 Å². The fourth-order valence-electron chi connectivity index (χ4n) is 4.98. The van der Waals surface area contributed by atoms with Gasteiger partial charge in [-0.1, -0.05) is 116 Å². The molecular weight excluding hydrogens is 394 g/mol. The van der Waals surface area contributed by atoms with Crippen LogP contribution in [0.15, 0.2) is 0 Å². The van der Waals surface area contributed by atoms with Crippen molar-refractivity contribution in [1.29, 1.82) is 0 Å². The highest BCUT2D eigenvalue weighted by atomic mass is 16.2. The molecule has 0 unspecified atom stereocenters. The molecule has 0 aromatic rings. The topological polar surface area (TPSA) is 37.4 Å². The van der Waals surface area contributed by atoms with E-state index >= 15 is 0 Å². The third kappa shape index (κ3) is 18.7. The Bertz CT molecular complexity index is 416. The minimum atomic E-state index is 0.258. The van der Waals surface area contributed by atoms with Crippen molar-refractivity contribution in [3.63, 3.8) is 0 Å². The summed E-state index contributed by atoms with van der Waals surface area (Å²) in [6.45, 7) is 3.65. The van der Waals surface area contributed by atoms with E-state index in [9.17, 15) is 9.59 Å². The number of ketones is 1. The van der Waals surface area contributed by atoms with Crippen LogP contribution in [-0.2, 0) is 9.59 Å². The van der Waals surface area contributed by atoms with E-state index < -0.39 is 0 Å². The van der Waals surface area contributed by atoms with Crippen LogP contribution in [0.4, 0.5) is 0 Å². The van der Waals surface area contributed by atoms with Crippen LogP contribution in [0.5, 0.6) is 0 Å². The van der Waals surface area contributed by atoms with Gasteiger partial charge in [0.2, 0.25) is 5.91 Å². The average Bonchev–Trinajstić information content (AvgIpc) is 2.77. The third-order valence-electron chi connectivity index (χ3n) is 7.21. The van der Waals surface area contributed by atoms with Gasteiger partial charge in [0.15, 0.2) is 0 Å². The summed E-state index contributed by atoms with van der Waals surface area (Å²) in [4.78, 5) is 26.0. The lowest BCUT2D eigenvalue weighted by Crippen LogP contribution is -2.30. The van der Waals surface area contributed by atoms with Crippen molar-refractivity contribution < 1.29 is 9.59 Å². The minimum Gasteiger partial charge on any atom is -0.343 e. The fraction of sp³-hybridized carbons (Fsp3) is 0.931. The molecule has 1 fully saturated rings.